The van der Waals surface area contributed by atoms with Crippen LogP contribution >= 0.6 is 0 Å². The Balaban J connectivity index is 1.90. The highest BCUT2D eigenvalue weighted by Crippen LogP contribution is 2.43. The number of rotatable bonds is 6. The fraction of sp³-hybridized carbons (Fsp3) is 0.545. The van der Waals surface area contributed by atoms with Gasteiger partial charge in [0.05, 0.1) is 0 Å². The van der Waals surface area contributed by atoms with Gasteiger partial charge in [0.15, 0.2) is 0 Å². The first-order valence-corrected chi connectivity index (χ1v) is 5.50. The third-order valence-electron chi connectivity index (χ3n) is 2.62. The van der Waals surface area contributed by atoms with Crippen molar-refractivity contribution in [3.05, 3.63) is 24.3 Å². The van der Waals surface area contributed by atoms with Gasteiger partial charge in [0, 0.05) is 11.1 Å². The van der Waals surface area contributed by atoms with Gasteiger partial charge in [-0.3, -0.25) is 0 Å². The molecule has 18 heavy (non-hydrogen) atoms. The molecule has 0 N–H and O–H groups in total. The van der Waals surface area contributed by atoms with Crippen molar-refractivity contribution in [2.75, 3.05) is 0 Å². The molecule has 0 radical (unpaired) electrons. The molecule has 2 saturated heterocycles. The van der Waals surface area contributed by atoms with Crippen LogP contribution in [0, 0.1) is 0 Å². The molecule has 0 amide bonds. The summed E-state index contributed by atoms with van der Waals surface area (Å²) >= 11 is 0. The molecule has 0 bridgehead atoms. The summed E-state index contributed by atoms with van der Waals surface area (Å²) in [7, 11) is 0. The Hall–Kier alpha value is -1.41. The van der Waals surface area contributed by atoms with Gasteiger partial charge in [-0.2, -0.15) is 0 Å². The Kier molecular flexibility index (Phi) is 3.16. The fourth-order valence-corrected chi connectivity index (χ4v) is 1.20. The molecule has 0 spiro atoms. The van der Waals surface area contributed by atoms with E-state index in [1.807, 2.05) is 13.8 Å². The van der Waals surface area contributed by atoms with Gasteiger partial charge < -0.3 is 9.47 Å². The molecular weight excluding hydrogens is 244 g/mol. The predicted molar refractivity (Wildman–Crippen MR) is 56.2 cm³/mol. The fourth-order valence-electron chi connectivity index (χ4n) is 1.20. The van der Waals surface area contributed by atoms with Crippen molar-refractivity contribution in [1.29, 1.82) is 0 Å². The minimum Gasteiger partial charge on any atom is -0.368 e. The van der Waals surface area contributed by atoms with E-state index in [0.29, 0.717) is 24.0 Å². The third-order valence-corrected chi connectivity index (χ3v) is 2.62. The van der Waals surface area contributed by atoms with Crippen LogP contribution in [0.1, 0.15) is 26.7 Å². The van der Waals surface area contributed by atoms with E-state index in [2.05, 4.69) is 32.7 Å². The topological polar surface area (TPSA) is 85.7 Å². The summed E-state index contributed by atoms with van der Waals surface area (Å²) in [6, 6.07) is 0. The molecular formula is C11H14O7. The first-order chi connectivity index (χ1) is 8.48. The minimum atomic E-state index is -1.55. The lowest BCUT2D eigenvalue weighted by Gasteiger charge is -2.12. The molecule has 7 heteroatoms. The van der Waals surface area contributed by atoms with E-state index in [1.54, 1.807) is 0 Å². The largest absolute Gasteiger partial charge is 0.517 e. The lowest BCUT2D eigenvalue weighted by molar-refractivity contribution is -0.0663. The summed E-state index contributed by atoms with van der Waals surface area (Å²) in [6.45, 7) is 11.0. The quantitative estimate of drug-likeness (QED) is 0.312. The Morgan fingerprint density at radius 3 is 1.50 bits per heavy atom. The number of hydrogen-bond donors (Lipinski definition) is 0. The van der Waals surface area contributed by atoms with Gasteiger partial charge in [-0.25, -0.2) is 4.79 Å². The van der Waals surface area contributed by atoms with E-state index in [0.717, 1.165) is 0 Å². The molecule has 0 saturated carbocycles. The van der Waals surface area contributed by atoms with Crippen LogP contribution in [0.4, 0.5) is 4.79 Å². The van der Waals surface area contributed by atoms with Crippen LogP contribution in [0.2, 0.25) is 0 Å². The zero-order valence-corrected chi connectivity index (χ0v) is 10.2. The molecule has 2 aliphatic rings. The summed E-state index contributed by atoms with van der Waals surface area (Å²) in [5.41, 5.74) is 0.918. The van der Waals surface area contributed by atoms with Crippen LogP contribution < -0.4 is 0 Å². The van der Waals surface area contributed by atoms with E-state index in [1.165, 1.54) is 0 Å². The summed E-state index contributed by atoms with van der Waals surface area (Å²) in [5.74, 6) is -3.09. The van der Waals surface area contributed by atoms with Gasteiger partial charge in [-0.05, 0) is 12.8 Å². The van der Waals surface area contributed by atoms with Crippen molar-refractivity contribution in [3.63, 3.8) is 0 Å². The van der Waals surface area contributed by atoms with Crippen molar-refractivity contribution in [2.24, 2.45) is 0 Å². The maximum Gasteiger partial charge on any atom is 0.517 e. The average Bonchev–Trinajstić information content (AvgIpc) is 3.25. The maximum atomic E-state index is 11.5. The third kappa shape index (κ3) is 2.25. The van der Waals surface area contributed by atoms with Crippen LogP contribution in [0.25, 0.3) is 0 Å². The molecule has 0 aromatic rings. The van der Waals surface area contributed by atoms with Crippen molar-refractivity contribution in [2.45, 2.75) is 38.6 Å². The zero-order valence-electron chi connectivity index (χ0n) is 10.2. The summed E-state index contributed by atoms with van der Waals surface area (Å²) in [6.07, 6.45) is -0.0191. The first kappa shape index (κ1) is 13.0. The smallest absolute Gasteiger partial charge is 0.368 e. The molecule has 100 valence electrons. The molecule has 0 atom stereocenters. The van der Waals surface area contributed by atoms with E-state index in [-0.39, 0.29) is 0 Å². The highest BCUT2D eigenvalue weighted by molar-refractivity contribution is 5.62. The molecule has 0 aromatic carbocycles. The summed E-state index contributed by atoms with van der Waals surface area (Å²) in [4.78, 5) is 30.0. The normalized spacial score (nSPS) is 21.9. The molecule has 7 nitrogen and oxygen atoms in total. The van der Waals surface area contributed by atoms with Crippen LogP contribution in [-0.4, -0.2) is 18.1 Å². The van der Waals surface area contributed by atoms with Crippen LogP contribution in [0.15, 0.2) is 24.3 Å². The highest BCUT2D eigenvalue weighted by atomic mass is 17.5. The van der Waals surface area contributed by atoms with E-state index in [9.17, 15) is 4.79 Å². The maximum absolute atomic E-state index is 11.5. The predicted octanol–water partition coefficient (Wildman–Crippen LogP) is 2.30. The van der Waals surface area contributed by atoms with Gasteiger partial charge in [0.25, 0.3) is 0 Å². The van der Waals surface area contributed by atoms with E-state index >= 15 is 0 Å². The second kappa shape index (κ2) is 4.36. The van der Waals surface area contributed by atoms with Crippen molar-refractivity contribution >= 4 is 6.16 Å². The molecule has 2 heterocycles. The number of carbonyl (C=O) groups is 1. The second-order valence-electron chi connectivity index (χ2n) is 3.81. The molecule has 2 fully saturated rings. The summed E-state index contributed by atoms with van der Waals surface area (Å²) < 4.78 is 9.73. The molecule has 0 aromatic heterocycles. The Labute approximate surface area is 104 Å². The average molecular weight is 258 g/mol. The number of ether oxygens (including phenoxy) is 2. The Morgan fingerprint density at radius 1 is 0.944 bits per heavy atom. The number of hydrogen-bond acceptors (Lipinski definition) is 7. The van der Waals surface area contributed by atoms with Crippen LogP contribution in [0.3, 0.4) is 0 Å². The molecule has 2 aliphatic heterocycles. The monoisotopic (exact) mass is 258 g/mol. The zero-order chi connectivity index (χ0) is 13.4. The lowest BCUT2D eigenvalue weighted by atomic mass is 10.2. The minimum absolute atomic E-state index is 0.459. The SMILES string of the molecule is C=C(CC)C1(OC(=O)OC2(C(=C)CC)OO2)OO1. The molecule has 0 unspecified atom stereocenters. The standard InChI is InChI=1S/C11H14O7/c1-5-7(3)10(15-16-10)13-9(12)14-11(17-18-11)8(4)6-2/h3-6H2,1-2H3. The van der Waals surface area contributed by atoms with Gasteiger partial charge >= 0.3 is 18.1 Å². The van der Waals surface area contributed by atoms with E-state index < -0.39 is 18.1 Å². The van der Waals surface area contributed by atoms with Crippen molar-refractivity contribution < 1.29 is 33.8 Å². The van der Waals surface area contributed by atoms with E-state index in [4.69, 9.17) is 9.47 Å². The van der Waals surface area contributed by atoms with Crippen molar-refractivity contribution in [3.8, 4) is 0 Å². The van der Waals surface area contributed by atoms with Gasteiger partial charge in [0.2, 0.25) is 0 Å². The van der Waals surface area contributed by atoms with Crippen molar-refractivity contribution in [1.82, 2.24) is 0 Å². The number of carbonyl (C=O) groups excluding carboxylic acids is 1. The summed E-state index contributed by atoms with van der Waals surface area (Å²) in [5, 5.41) is 0. The second-order valence-corrected chi connectivity index (χ2v) is 3.81. The van der Waals surface area contributed by atoms with Gasteiger partial charge in [-0.15, -0.1) is 19.6 Å². The lowest BCUT2D eigenvalue weighted by Crippen LogP contribution is -2.29. The first-order valence-electron chi connectivity index (χ1n) is 5.50. The molecule has 2 rings (SSSR count). The van der Waals surface area contributed by atoms with Crippen LogP contribution in [-0.2, 0) is 29.0 Å². The van der Waals surface area contributed by atoms with Gasteiger partial charge in [-0.1, -0.05) is 27.0 Å². The van der Waals surface area contributed by atoms with Gasteiger partial charge in [0.1, 0.15) is 0 Å². The highest BCUT2D eigenvalue weighted by Gasteiger charge is 2.61. The molecule has 0 aliphatic carbocycles. The Morgan fingerprint density at radius 2 is 1.28 bits per heavy atom. The van der Waals surface area contributed by atoms with Crippen LogP contribution in [0.5, 0.6) is 0 Å². The Bertz CT molecular complexity index is 356.